The van der Waals surface area contributed by atoms with Gasteiger partial charge in [0.15, 0.2) is 6.10 Å². The molecule has 1 amide bonds. The Kier molecular flexibility index (Phi) is 8.01. The van der Waals surface area contributed by atoms with Crippen molar-refractivity contribution in [2.75, 3.05) is 25.9 Å². The number of nitrogens with zero attached hydrogens (tertiary/aromatic N) is 3. The number of esters is 1. The molecule has 0 aromatic heterocycles. The molecule has 1 aromatic carbocycles. The van der Waals surface area contributed by atoms with Crippen LogP contribution in [0.15, 0.2) is 29.3 Å². The fourth-order valence-corrected chi connectivity index (χ4v) is 4.31. The van der Waals surface area contributed by atoms with Crippen LogP contribution in [0.4, 0.5) is 0 Å². The average Bonchev–Trinajstić information content (AvgIpc) is 3.17. The van der Waals surface area contributed by atoms with Gasteiger partial charge in [0.25, 0.3) is 5.91 Å². The Morgan fingerprint density at radius 2 is 2.23 bits per heavy atom. The first-order valence-corrected chi connectivity index (χ1v) is 10.2. The van der Waals surface area contributed by atoms with Crippen LogP contribution in [0.25, 0.3) is 0 Å². The molecule has 0 saturated heterocycles. The van der Waals surface area contributed by atoms with Gasteiger partial charge in [-0.25, -0.2) is 4.79 Å². The van der Waals surface area contributed by atoms with Gasteiger partial charge in [-0.3, -0.25) is 9.79 Å². The first-order valence-electron chi connectivity index (χ1n) is 8.23. The van der Waals surface area contributed by atoms with E-state index in [1.807, 2.05) is 18.2 Å². The van der Waals surface area contributed by atoms with Crippen LogP contribution >= 0.6 is 23.5 Å². The zero-order chi connectivity index (χ0) is 18.9. The number of rotatable bonds is 7. The van der Waals surface area contributed by atoms with Crippen molar-refractivity contribution in [3.05, 3.63) is 35.4 Å². The molecule has 1 aliphatic rings. The molecule has 1 heterocycles. The van der Waals surface area contributed by atoms with Crippen molar-refractivity contribution in [1.82, 2.24) is 4.90 Å². The van der Waals surface area contributed by atoms with Gasteiger partial charge in [0.05, 0.1) is 24.6 Å². The van der Waals surface area contributed by atoms with E-state index in [1.165, 1.54) is 4.90 Å². The first-order chi connectivity index (χ1) is 12.5. The molecule has 0 saturated carbocycles. The summed E-state index contributed by atoms with van der Waals surface area (Å²) in [6.07, 6.45) is -0.660. The SMILES string of the molecule is C[C@@H](OC(=O)c1ccccc1CSC1=NCCS1)C(=O)N(C)CCC#N. The number of carbonyl (C=O) groups excluding carboxylic acids is 2. The maximum atomic E-state index is 12.5. The number of hydrogen-bond acceptors (Lipinski definition) is 7. The molecule has 2 rings (SSSR count). The summed E-state index contributed by atoms with van der Waals surface area (Å²) in [5, 5.41) is 8.60. The largest absolute Gasteiger partial charge is 0.449 e. The van der Waals surface area contributed by atoms with E-state index in [0.29, 0.717) is 17.9 Å². The van der Waals surface area contributed by atoms with Crippen molar-refractivity contribution in [3.8, 4) is 6.07 Å². The molecule has 0 fully saturated rings. The standard InChI is InChI=1S/C18H21N3O3S2/c1-13(16(22)21(2)10-5-8-19)24-17(23)15-7-4-3-6-14(15)12-26-18-20-9-11-25-18/h3-4,6-7,13H,5,9-12H2,1-2H3/t13-/m1/s1. The van der Waals surface area contributed by atoms with Crippen molar-refractivity contribution in [2.45, 2.75) is 25.2 Å². The molecule has 0 spiro atoms. The molecule has 1 aromatic rings. The van der Waals surface area contributed by atoms with Crippen LogP contribution in [-0.2, 0) is 15.3 Å². The second-order valence-electron chi connectivity index (χ2n) is 5.66. The van der Waals surface area contributed by atoms with Gasteiger partial charge < -0.3 is 9.64 Å². The number of hydrogen-bond donors (Lipinski definition) is 0. The number of benzene rings is 1. The third kappa shape index (κ3) is 5.78. The normalized spacial score (nSPS) is 14.3. The van der Waals surface area contributed by atoms with Gasteiger partial charge in [-0.1, -0.05) is 41.7 Å². The molecule has 0 aliphatic carbocycles. The third-order valence-electron chi connectivity index (χ3n) is 3.71. The van der Waals surface area contributed by atoms with E-state index in [4.69, 9.17) is 10.00 Å². The predicted molar refractivity (Wildman–Crippen MR) is 105 cm³/mol. The summed E-state index contributed by atoms with van der Waals surface area (Å²) in [4.78, 5) is 30.5. The fourth-order valence-electron chi connectivity index (χ4n) is 2.30. The number of aliphatic imine (C=N–C) groups is 1. The number of likely N-dealkylation sites (N-methyl/N-ethyl adjacent to an activating group) is 1. The van der Waals surface area contributed by atoms with E-state index >= 15 is 0 Å². The smallest absolute Gasteiger partial charge is 0.339 e. The highest BCUT2D eigenvalue weighted by molar-refractivity contribution is 8.38. The Labute approximate surface area is 162 Å². The highest BCUT2D eigenvalue weighted by Crippen LogP contribution is 2.26. The molecular weight excluding hydrogens is 370 g/mol. The quantitative estimate of drug-likeness (QED) is 0.665. The van der Waals surface area contributed by atoms with Gasteiger partial charge in [-0.2, -0.15) is 5.26 Å². The Hall–Kier alpha value is -1.98. The fraction of sp³-hybridized carbons (Fsp3) is 0.444. The van der Waals surface area contributed by atoms with Crippen LogP contribution in [0.3, 0.4) is 0 Å². The number of amides is 1. The Morgan fingerprint density at radius 1 is 1.46 bits per heavy atom. The molecule has 1 atom stereocenters. The lowest BCUT2D eigenvalue weighted by molar-refractivity contribution is -0.138. The van der Waals surface area contributed by atoms with Gasteiger partial charge in [0.2, 0.25) is 0 Å². The maximum absolute atomic E-state index is 12.5. The molecule has 0 unspecified atom stereocenters. The lowest BCUT2D eigenvalue weighted by Gasteiger charge is -2.20. The van der Waals surface area contributed by atoms with E-state index in [1.54, 1.807) is 49.6 Å². The molecule has 6 nitrogen and oxygen atoms in total. The second kappa shape index (κ2) is 10.2. The minimum absolute atomic E-state index is 0.241. The molecule has 8 heteroatoms. The molecule has 26 heavy (non-hydrogen) atoms. The highest BCUT2D eigenvalue weighted by atomic mass is 32.2. The van der Waals surface area contributed by atoms with Crippen molar-refractivity contribution in [2.24, 2.45) is 4.99 Å². The average molecular weight is 392 g/mol. The summed E-state index contributed by atoms with van der Waals surface area (Å²) in [5.41, 5.74) is 1.32. The van der Waals surface area contributed by atoms with Gasteiger partial charge in [0, 0.05) is 25.1 Å². The van der Waals surface area contributed by atoms with E-state index in [9.17, 15) is 9.59 Å². The summed E-state index contributed by atoms with van der Waals surface area (Å²) in [6, 6.07) is 9.23. The first kappa shape index (κ1) is 20.3. The lowest BCUT2D eigenvalue weighted by atomic mass is 10.1. The number of thioether (sulfide) groups is 2. The molecule has 0 N–H and O–H groups in total. The van der Waals surface area contributed by atoms with Crippen molar-refractivity contribution in [1.29, 1.82) is 5.26 Å². The van der Waals surface area contributed by atoms with Crippen LogP contribution in [0.2, 0.25) is 0 Å². The molecule has 0 bridgehead atoms. The van der Waals surface area contributed by atoms with Crippen molar-refractivity contribution in [3.63, 3.8) is 0 Å². The predicted octanol–water partition coefficient (Wildman–Crippen LogP) is 2.94. The summed E-state index contributed by atoms with van der Waals surface area (Å²) in [7, 11) is 1.59. The maximum Gasteiger partial charge on any atom is 0.339 e. The lowest BCUT2D eigenvalue weighted by Crippen LogP contribution is -2.38. The van der Waals surface area contributed by atoms with Crippen LogP contribution < -0.4 is 0 Å². The van der Waals surface area contributed by atoms with E-state index in [2.05, 4.69) is 4.99 Å². The van der Waals surface area contributed by atoms with E-state index < -0.39 is 12.1 Å². The van der Waals surface area contributed by atoms with Crippen LogP contribution in [0.5, 0.6) is 0 Å². The van der Waals surface area contributed by atoms with Gasteiger partial charge >= 0.3 is 5.97 Å². The minimum atomic E-state index is -0.901. The van der Waals surface area contributed by atoms with Gasteiger partial charge in [-0.05, 0) is 18.6 Å². The highest BCUT2D eigenvalue weighted by Gasteiger charge is 2.23. The second-order valence-corrected chi connectivity index (χ2v) is 7.96. The van der Waals surface area contributed by atoms with Crippen molar-refractivity contribution >= 4 is 39.8 Å². The van der Waals surface area contributed by atoms with E-state index in [0.717, 1.165) is 22.2 Å². The van der Waals surface area contributed by atoms with Crippen LogP contribution in [-0.4, -0.2) is 53.1 Å². The summed E-state index contributed by atoms with van der Waals surface area (Å²) < 4.78 is 6.39. The molecule has 138 valence electrons. The number of nitriles is 1. The van der Waals surface area contributed by atoms with Crippen molar-refractivity contribution < 1.29 is 14.3 Å². The zero-order valence-corrected chi connectivity index (χ0v) is 16.4. The minimum Gasteiger partial charge on any atom is -0.449 e. The number of ether oxygens (including phenoxy) is 1. The molecule has 1 aliphatic heterocycles. The van der Waals surface area contributed by atoms with Gasteiger partial charge in [0.1, 0.15) is 4.38 Å². The summed E-state index contributed by atoms with van der Waals surface area (Å²) in [5.74, 6) is 0.792. The Balaban J connectivity index is 1.98. The monoisotopic (exact) mass is 391 g/mol. The van der Waals surface area contributed by atoms with Crippen LogP contribution in [0, 0.1) is 11.3 Å². The van der Waals surface area contributed by atoms with Crippen LogP contribution in [0.1, 0.15) is 29.3 Å². The molecule has 0 radical (unpaired) electrons. The topological polar surface area (TPSA) is 82.8 Å². The Bertz CT molecular complexity index is 731. The Morgan fingerprint density at radius 3 is 2.92 bits per heavy atom. The van der Waals surface area contributed by atoms with Gasteiger partial charge in [-0.15, -0.1) is 0 Å². The van der Waals surface area contributed by atoms with E-state index in [-0.39, 0.29) is 12.3 Å². The zero-order valence-electron chi connectivity index (χ0n) is 14.8. The molecular formula is C18H21N3O3S2. The third-order valence-corrected chi connectivity index (χ3v) is 6.01. The summed E-state index contributed by atoms with van der Waals surface area (Å²) >= 11 is 3.33. The summed E-state index contributed by atoms with van der Waals surface area (Å²) in [6.45, 7) is 2.70. The number of carbonyl (C=O) groups is 2.